The first-order valence-corrected chi connectivity index (χ1v) is 8.75. The van der Waals surface area contributed by atoms with Gasteiger partial charge in [0.05, 0.1) is 5.69 Å². The van der Waals surface area contributed by atoms with E-state index in [9.17, 15) is 8.42 Å². The van der Waals surface area contributed by atoms with Gasteiger partial charge in [-0.1, -0.05) is 15.9 Å². The van der Waals surface area contributed by atoms with Crippen LogP contribution in [-0.4, -0.2) is 15.0 Å². The lowest BCUT2D eigenvalue weighted by Crippen LogP contribution is -2.31. The summed E-state index contributed by atoms with van der Waals surface area (Å²) in [7, 11) is -3.50. The van der Waals surface area contributed by atoms with E-state index in [0.717, 1.165) is 23.2 Å². The second-order valence-electron chi connectivity index (χ2n) is 5.64. The minimum Gasteiger partial charge on any atom is -0.398 e. The van der Waals surface area contributed by atoms with Crippen LogP contribution < -0.4 is 10.5 Å². The fourth-order valence-corrected chi connectivity index (χ4v) is 4.29. The molecule has 0 aromatic heterocycles. The predicted octanol–water partition coefficient (Wildman–Crippen LogP) is 2.50. The quantitative estimate of drug-likeness (QED) is 0.806. The summed E-state index contributed by atoms with van der Waals surface area (Å²) in [6, 6.07) is 4.85. The number of anilines is 1. The van der Waals surface area contributed by atoms with Crippen LogP contribution in [0, 0.1) is 11.3 Å². The highest BCUT2D eigenvalue weighted by Gasteiger charge is 2.53. The van der Waals surface area contributed by atoms with Gasteiger partial charge in [-0.2, -0.15) is 0 Å². The molecule has 1 aromatic rings. The molecule has 3 rings (SSSR count). The van der Waals surface area contributed by atoms with Gasteiger partial charge < -0.3 is 5.73 Å². The number of nitrogens with two attached hydrogens (primary N) is 1. The van der Waals surface area contributed by atoms with Crippen LogP contribution >= 0.6 is 15.9 Å². The molecule has 0 unspecified atom stereocenters. The molecule has 0 aliphatic heterocycles. The Labute approximate surface area is 121 Å². The summed E-state index contributed by atoms with van der Waals surface area (Å²) in [6.45, 7) is 0.551. The lowest BCUT2D eigenvalue weighted by molar-refractivity contribution is 0.432. The molecule has 1 aromatic carbocycles. The van der Waals surface area contributed by atoms with Crippen LogP contribution in [-0.2, 0) is 10.0 Å². The lowest BCUT2D eigenvalue weighted by atomic mass is 10.0. The molecular weight excluding hydrogens is 328 g/mol. The smallest absolute Gasteiger partial charge is 0.242 e. The molecule has 2 fully saturated rings. The molecule has 2 aliphatic rings. The molecule has 0 heterocycles. The molecule has 2 aliphatic carbocycles. The van der Waals surface area contributed by atoms with E-state index in [1.165, 1.54) is 12.8 Å². The van der Waals surface area contributed by atoms with Crippen molar-refractivity contribution in [2.24, 2.45) is 11.3 Å². The fourth-order valence-electron chi connectivity index (χ4n) is 2.67. The lowest BCUT2D eigenvalue weighted by Gasteiger charge is -2.16. The van der Waals surface area contributed by atoms with Crippen molar-refractivity contribution in [3.63, 3.8) is 0 Å². The van der Waals surface area contributed by atoms with Gasteiger partial charge in [0.2, 0.25) is 10.0 Å². The molecule has 0 saturated heterocycles. The first-order chi connectivity index (χ1) is 8.93. The normalized spacial score (nSPS) is 21.3. The zero-order chi connectivity index (χ0) is 13.7. The van der Waals surface area contributed by atoms with Crippen LogP contribution in [0.15, 0.2) is 27.6 Å². The Hall–Kier alpha value is -0.590. The van der Waals surface area contributed by atoms with Gasteiger partial charge in [0.1, 0.15) is 4.90 Å². The van der Waals surface area contributed by atoms with Gasteiger partial charge in [-0.3, -0.25) is 0 Å². The maximum atomic E-state index is 12.3. The molecule has 6 heteroatoms. The van der Waals surface area contributed by atoms with Crippen LogP contribution in [0.3, 0.4) is 0 Å². The molecule has 0 radical (unpaired) electrons. The van der Waals surface area contributed by atoms with Crippen molar-refractivity contribution in [3.05, 3.63) is 22.7 Å². The van der Waals surface area contributed by atoms with Crippen molar-refractivity contribution in [2.45, 2.75) is 30.6 Å². The topological polar surface area (TPSA) is 72.2 Å². The summed E-state index contributed by atoms with van der Waals surface area (Å²) in [6.07, 6.45) is 4.80. The molecule has 4 nitrogen and oxygen atoms in total. The highest BCUT2D eigenvalue weighted by atomic mass is 79.9. The van der Waals surface area contributed by atoms with E-state index >= 15 is 0 Å². The maximum absolute atomic E-state index is 12.3. The minimum absolute atomic E-state index is 0.169. The summed E-state index contributed by atoms with van der Waals surface area (Å²) in [4.78, 5) is 0.169. The van der Waals surface area contributed by atoms with Crippen LogP contribution in [0.1, 0.15) is 25.7 Å². The van der Waals surface area contributed by atoms with Crippen LogP contribution in [0.2, 0.25) is 0 Å². The maximum Gasteiger partial charge on any atom is 0.242 e. The van der Waals surface area contributed by atoms with E-state index < -0.39 is 10.0 Å². The molecule has 0 spiro atoms. The van der Waals surface area contributed by atoms with Crippen molar-refractivity contribution in [3.8, 4) is 0 Å². The fraction of sp³-hybridized carbons (Fsp3) is 0.538. The molecule has 0 bridgehead atoms. The van der Waals surface area contributed by atoms with Crippen LogP contribution in [0.5, 0.6) is 0 Å². The zero-order valence-corrected chi connectivity index (χ0v) is 12.9. The summed E-state index contributed by atoms with van der Waals surface area (Å²) in [5.74, 6) is 0.734. The Bertz CT molecular complexity index is 607. The molecular formula is C13H17BrN2O2S. The van der Waals surface area contributed by atoms with Gasteiger partial charge in [-0.05, 0) is 55.2 Å². The van der Waals surface area contributed by atoms with E-state index in [-0.39, 0.29) is 16.0 Å². The second kappa shape index (κ2) is 4.46. The van der Waals surface area contributed by atoms with Crippen molar-refractivity contribution in [1.29, 1.82) is 0 Å². The van der Waals surface area contributed by atoms with Crippen molar-refractivity contribution in [2.75, 3.05) is 12.3 Å². The highest BCUT2D eigenvalue weighted by molar-refractivity contribution is 9.10. The van der Waals surface area contributed by atoms with E-state index in [1.807, 2.05) is 0 Å². The average Bonchev–Trinajstić information content (AvgIpc) is 3.19. The summed E-state index contributed by atoms with van der Waals surface area (Å²) in [5.41, 5.74) is 6.31. The monoisotopic (exact) mass is 344 g/mol. The molecule has 104 valence electrons. The average molecular weight is 345 g/mol. The number of halogens is 1. The van der Waals surface area contributed by atoms with Gasteiger partial charge in [-0.15, -0.1) is 0 Å². The van der Waals surface area contributed by atoms with Crippen molar-refractivity contribution >= 4 is 31.6 Å². The number of sulfonamides is 1. The number of hydrogen-bond acceptors (Lipinski definition) is 3. The summed E-state index contributed by atoms with van der Waals surface area (Å²) < 4.78 is 28.1. The van der Waals surface area contributed by atoms with Gasteiger partial charge in [-0.25, -0.2) is 13.1 Å². The molecule has 3 N–H and O–H groups in total. The number of nitrogens with one attached hydrogen (secondary N) is 1. The van der Waals surface area contributed by atoms with Gasteiger partial charge in [0.25, 0.3) is 0 Å². The Morgan fingerprint density at radius 3 is 2.58 bits per heavy atom. The Morgan fingerprint density at radius 1 is 1.37 bits per heavy atom. The van der Waals surface area contributed by atoms with Crippen molar-refractivity contribution in [1.82, 2.24) is 4.72 Å². The third-order valence-electron chi connectivity index (χ3n) is 4.21. The van der Waals surface area contributed by atoms with Gasteiger partial charge >= 0.3 is 0 Å². The third-order valence-corrected chi connectivity index (χ3v) is 6.18. The number of nitrogen functional groups attached to an aromatic ring is 1. The predicted molar refractivity (Wildman–Crippen MR) is 78.1 cm³/mol. The third kappa shape index (κ3) is 2.66. The van der Waals surface area contributed by atoms with Gasteiger partial charge in [0, 0.05) is 11.0 Å². The molecule has 0 amide bonds. The standard InChI is InChI=1S/C13H17BrN2O2S/c14-10-3-4-12(11(15)7-10)19(17,18)16-8-13(5-6-13)9-1-2-9/h3-4,7,9,16H,1-2,5-6,8,15H2. The first kappa shape index (κ1) is 13.4. The van der Waals surface area contributed by atoms with E-state index in [2.05, 4.69) is 20.7 Å². The summed E-state index contributed by atoms with van der Waals surface area (Å²) in [5, 5.41) is 0. The number of rotatable bonds is 5. The number of hydrogen-bond donors (Lipinski definition) is 2. The van der Waals surface area contributed by atoms with Crippen molar-refractivity contribution < 1.29 is 8.42 Å². The highest BCUT2D eigenvalue weighted by Crippen LogP contribution is 2.60. The van der Waals surface area contributed by atoms with E-state index in [1.54, 1.807) is 18.2 Å². The Kier molecular flexibility index (Phi) is 3.15. The zero-order valence-electron chi connectivity index (χ0n) is 10.5. The molecule has 0 atom stereocenters. The Morgan fingerprint density at radius 2 is 2.05 bits per heavy atom. The molecule has 19 heavy (non-hydrogen) atoms. The van der Waals surface area contributed by atoms with E-state index in [0.29, 0.717) is 6.54 Å². The minimum atomic E-state index is -3.50. The first-order valence-electron chi connectivity index (χ1n) is 6.48. The van der Waals surface area contributed by atoms with Crippen LogP contribution in [0.4, 0.5) is 5.69 Å². The SMILES string of the molecule is Nc1cc(Br)ccc1S(=O)(=O)NCC1(C2CC2)CC1. The Balaban J connectivity index is 1.75. The second-order valence-corrected chi connectivity index (χ2v) is 8.29. The number of benzene rings is 1. The van der Waals surface area contributed by atoms with E-state index in [4.69, 9.17) is 5.73 Å². The largest absolute Gasteiger partial charge is 0.398 e. The van der Waals surface area contributed by atoms with Gasteiger partial charge in [0.15, 0.2) is 0 Å². The molecule has 2 saturated carbocycles. The summed E-state index contributed by atoms with van der Waals surface area (Å²) >= 11 is 3.28. The van der Waals surface area contributed by atoms with Crippen LogP contribution in [0.25, 0.3) is 0 Å².